The van der Waals surface area contributed by atoms with Gasteiger partial charge in [0.2, 0.25) is 0 Å². The molecule has 0 radical (unpaired) electrons. The van der Waals surface area contributed by atoms with E-state index in [-0.39, 0.29) is 11.5 Å². The molecule has 1 aromatic rings. The highest BCUT2D eigenvalue weighted by Crippen LogP contribution is 2.24. The molecule has 1 aromatic carbocycles. The number of hydrogen-bond donors (Lipinski definition) is 0. The van der Waals surface area contributed by atoms with Gasteiger partial charge in [0.1, 0.15) is 5.82 Å². The normalized spacial score (nSPS) is 19.8. The van der Waals surface area contributed by atoms with Crippen molar-refractivity contribution in [1.29, 1.82) is 0 Å². The lowest BCUT2D eigenvalue weighted by molar-refractivity contribution is 0.0758. The van der Waals surface area contributed by atoms with E-state index >= 15 is 0 Å². The van der Waals surface area contributed by atoms with Crippen molar-refractivity contribution >= 4 is 33.6 Å². The van der Waals surface area contributed by atoms with E-state index in [0.717, 1.165) is 42.6 Å². The highest BCUT2D eigenvalue weighted by Gasteiger charge is 2.24. The predicted molar refractivity (Wildman–Crippen MR) is 85.8 cm³/mol. The Balaban J connectivity index is 2.16. The van der Waals surface area contributed by atoms with Gasteiger partial charge in [-0.2, -0.15) is 11.8 Å². The number of amides is 1. The third-order valence-corrected chi connectivity index (χ3v) is 5.16. The van der Waals surface area contributed by atoms with Crippen LogP contribution in [-0.2, 0) is 0 Å². The maximum absolute atomic E-state index is 13.8. The molecule has 0 bridgehead atoms. The summed E-state index contributed by atoms with van der Waals surface area (Å²) in [5.41, 5.74) is 0.168. The summed E-state index contributed by atoms with van der Waals surface area (Å²) in [5.74, 6) is 0.423. The Morgan fingerprint density at radius 3 is 3.05 bits per heavy atom. The van der Waals surface area contributed by atoms with Gasteiger partial charge in [-0.1, -0.05) is 29.3 Å². The second-order valence-corrected chi connectivity index (χ2v) is 7.44. The SMILES string of the molecule is CCSC1CCCCN(C(=O)c2cc(Br)ccc2F)C1. The zero-order chi connectivity index (χ0) is 14.5. The third-order valence-electron chi connectivity index (χ3n) is 3.48. The molecule has 0 aliphatic carbocycles. The fourth-order valence-electron chi connectivity index (χ4n) is 2.49. The monoisotopic (exact) mass is 359 g/mol. The van der Waals surface area contributed by atoms with Gasteiger partial charge in [-0.15, -0.1) is 0 Å². The molecule has 2 rings (SSSR count). The van der Waals surface area contributed by atoms with Gasteiger partial charge in [-0.05, 0) is 36.8 Å². The number of likely N-dealkylation sites (tertiary alicyclic amines) is 1. The van der Waals surface area contributed by atoms with E-state index in [1.807, 2.05) is 16.7 Å². The number of thioether (sulfide) groups is 1. The third kappa shape index (κ3) is 3.98. The zero-order valence-corrected chi connectivity index (χ0v) is 14.0. The lowest BCUT2D eigenvalue weighted by atomic mass is 10.2. The molecular formula is C15H19BrFNOS. The summed E-state index contributed by atoms with van der Waals surface area (Å²) in [6.07, 6.45) is 3.29. The number of hydrogen-bond acceptors (Lipinski definition) is 2. The predicted octanol–water partition coefficient (Wildman–Crippen LogP) is 4.34. The van der Waals surface area contributed by atoms with Gasteiger partial charge < -0.3 is 4.90 Å². The van der Waals surface area contributed by atoms with Gasteiger partial charge >= 0.3 is 0 Å². The molecule has 0 spiro atoms. The molecule has 1 atom stereocenters. The largest absolute Gasteiger partial charge is 0.337 e. The molecule has 0 aromatic heterocycles. The molecule has 1 heterocycles. The van der Waals surface area contributed by atoms with Gasteiger partial charge in [0.25, 0.3) is 5.91 Å². The summed E-state index contributed by atoms with van der Waals surface area (Å²) in [6.45, 7) is 3.59. The minimum atomic E-state index is -0.442. The number of carbonyl (C=O) groups excluding carboxylic acids is 1. The number of carbonyl (C=O) groups is 1. The average Bonchev–Trinajstić information content (AvgIpc) is 2.67. The van der Waals surface area contributed by atoms with E-state index in [0.29, 0.717) is 5.25 Å². The van der Waals surface area contributed by atoms with Gasteiger partial charge in [0, 0.05) is 22.8 Å². The van der Waals surface area contributed by atoms with Crippen LogP contribution in [0.1, 0.15) is 36.5 Å². The Hall–Kier alpha value is -0.550. The van der Waals surface area contributed by atoms with Crippen LogP contribution in [-0.4, -0.2) is 34.9 Å². The molecule has 1 unspecified atom stereocenters. The van der Waals surface area contributed by atoms with E-state index < -0.39 is 5.82 Å². The lowest BCUT2D eigenvalue weighted by Crippen LogP contribution is -2.36. The molecule has 1 aliphatic heterocycles. The van der Waals surface area contributed by atoms with E-state index in [9.17, 15) is 9.18 Å². The van der Waals surface area contributed by atoms with Crippen molar-refractivity contribution in [3.05, 3.63) is 34.1 Å². The quantitative estimate of drug-likeness (QED) is 0.800. The maximum atomic E-state index is 13.8. The van der Waals surface area contributed by atoms with Crippen LogP contribution in [0.15, 0.2) is 22.7 Å². The molecular weight excluding hydrogens is 341 g/mol. The summed E-state index contributed by atoms with van der Waals surface area (Å²) >= 11 is 5.19. The van der Waals surface area contributed by atoms with Crippen molar-refractivity contribution in [3.8, 4) is 0 Å². The first-order valence-corrected chi connectivity index (χ1v) is 8.82. The lowest BCUT2D eigenvalue weighted by Gasteiger charge is -2.24. The number of benzene rings is 1. The average molecular weight is 360 g/mol. The molecule has 110 valence electrons. The van der Waals surface area contributed by atoms with E-state index in [2.05, 4.69) is 22.9 Å². The van der Waals surface area contributed by atoms with Gasteiger partial charge in [0.15, 0.2) is 0 Å². The highest BCUT2D eigenvalue weighted by molar-refractivity contribution is 9.10. The topological polar surface area (TPSA) is 20.3 Å². The molecule has 2 nitrogen and oxygen atoms in total. The fourth-order valence-corrected chi connectivity index (χ4v) is 3.94. The number of nitrogens with zero attached hydrogens (tertiary/aromatic N) is 1. The summed E-state index contributed by atoms with van der Waals surface area (Å²) in [7, 11) is 0. The molecule has 1 aliphatic rings. The first-order valence-electron chi connectivity index (χ1n) is 6.97. The summed E-state index contributed by atoms with van der Waals surface area (Å²) in [5, 5.41) is 0.474. The van der Waals surface area contributed by atoms with Crippen LogP contribution >= 0.6 is 27.7 Å². The summed E-state index contributed by atoms with van der Waals surface area (Å²) in [6, 6.07) is 4.53. The molecule has 1 fully saturated rings. The van der Waals surface area contributed by atoms with Crippen LogP contribution < -0.4 is 0 Å². The smallest absolute Gasteiger partial charge is 0.256 e. The standard InChI is InChI=1S/C15H19BrFNOS/c1-2-20-12-5-3-4-8-18(10-12)15(19)13-9-11(16)6-7-14(13)17/h6-7,9,12H,2-5,8,10H2,1H3. The Kier molecular flexibility index (Phi) is 5.90. The van der Waals surface area contributed by atoms with Crippen LogP contribution in [0.4, 0.5) is 4.39 Å². The number of rotatable bonds is 3. The van der Waals surface area contributed by atoms with Crippen molar-refractivity contribution in [1.82, 2.24) is 4.90 Å². The second kappa shape index (κ2) is 7.46. The molecule has 1 amide bonds. The fraction of sp³-hybridized carbons (Fsp3) is 0.533. The Morgan fingerprint density at radius 2 is 2.30 bits per heavy atom. The van der Waals surface area contributed by atoms with E-state index in [1.54, 1.807) is 12.1 Å². The molecule has 20 heavy (non-hydrogen) atoms. The van der Waals surface area contributed by atoms with Crippen LogP contribution in [0.5, 0.6) is 0 Å². The van der Waals surface area contributed by atoms with Gasteiger partial charge in [-0.25, -0.2) is 4.39 Å². The van der Waals surface area contributed by atoms with Crippen molar-refractivity contribution in [2.24, 2.45) is 0 Å². The second-order valence-electron chi connectivity index (χ2n) is 4.95. The highest BCUT2D eigenvalue weighted by atomic mass is 79.9. The minimum Gasteiger partial charge on any atom is -0.337 e. The minimum absolute atomic E-state index is 0.168. The first kappa shape index (κ1) is 15.8. The first-order chi connectivity index (χ1) is 9.61. The number of halogens is 2. The van der Waals surface area contributed by atoms with Gasteiger partial charge in [-0.3, -0.25) is 4.79 Å². The Labute approximate surface area is 132 Å². The zero-order valence-electron chi connectivity index (χ0n) is 11.6. The molecule has 1 saturated heterocycles. The van der Waals surface area contributed by atoms with Gasteiger partial charge in [0.05, 0.1) is 5.56 Å². The Morgan fingerprint density at radius 1 is 1.50 bits per heavy atom. The van der Waals surface area contributed by atoms with Crippen LogP contribution in [0.3, 0.4) is 0 Å². The van der Waals surface area contributed by atoms with Crippen LogP contribution in [0.25, 0.3) is 0 Å². The Bertz CT molecular complexity index is 483. The van der Waals surface area contributed by atoms with Crippen LogP contribution in [0, 0.1) is 5.82 Å². The van der Waals surface area contributed by atoms with E-state index in [4.69, 9.17) is 0 Å². The summed E-state index contributed by atoms with van der Waals surface area (Å²) in [4.78, 5) is 14.3. The maximum Gasteiger partial charge on any atom is 0.256 e. The van der Waals surface area contributed by atoms with Crippen molar-refractivity contribution in [3.63, 3.8) is 0 Å². The molecule has 0 N–H and O–H groups in total. The van der Waals surface area contributed by atoms with Crippen molar-refractivity contribution in [2.45, 2.75) is 31.4 Å². The van der Waals surface area contributed by atoms with Crippen LogP contribution in [0.2, 0.25) is 0 Å². The molecule has 5 heteroatoms. The van der Waals surface area contributed by atoms with E-state index in [1.165, 1.54) is 6.07 Å². The molecule has 0 saturated carbocycles. The summed E-state index contributed by atoms with van der Waals surface area (Å²) < 4.78 is 14.6. The van der Waals surface area contributed by atoms with Crippen molar-refractivity contribution < 1.29 is 9.18 Å². The van der Waals surface area contributed by atoms with Crippen molar-refractivity contribution in [2.75, 3.05) is 18.8 Å².